The number of carboxylic acid groups (broad SMARTS) is 1. The number of amides is 1. The fraction of sp³-hybridized carbons (Fsp3) is 0.207. The predicted molar refractivity (Wildman–Crippen MR) is 140 cm³/mol. The number of alkyl carbamates (subject to hydrolysis) is 1. The van der Waals surface area contributed by atoms with Crippen molar-refractivity contribution < 1.29 is 29.6 Å². The van der Waals surface area contributed by atoms with Crippen molar-refractivity contribution in [2.45, 2.75) is 24.5 Å². The highest BCUT2D eigenvalue weighted by Gasteiger charge is 2.29. The smallest absolute Gasteiger partial charge is 0.407 e. The van der Waals surface area contributed by atoms with E-state index >= 15 is 0 Å². The molecular formula is C29H26N2O7. The molecule has 1 heterocycles. The Morgan fingerprint density at radius 3 is 2.29 bits per heavy atom. The Kier molecular flexibility index (Phi) is 6.95. The fourth-order valence-corrected chi connectivity index (χ4v) is 4.93. The molecule has 4 aromatic rings. The highest BCUT2D eigenvalue weighted by atomic mass is 16.5. The van der Waals surface area contributed by atoms with E-state index in [1.807, 2.05) is 36.4 Å². The van der Waals surface area contributed by atoms with Crippen molar-refractivity contribution in [2.24, 2.45) is 0 Å². The molecule has 0 spiro atoms. The van der Waals surface area contributed by atoms with Crippen molar-refractivity contribution in [2.75, 3.05) is 13.2 Å². The van der Waals surface area contributed by atoms with Crippen molar-refractivity contribution >= 4 is 23.0 Å². The number of fused-ring (bicyclic) bond motifs is 4. The summed E-state index contributed by atoms with van der Waals surface area (Å²) in [6.45, 7) is 0.210. The van der Waals surface area contributed by atoms with E-state index in [1.54, 1.807) is 0 Å². The second-order valence-corrected chi connectivity index (χ2v) is 9.19. The van der Waals surface area contributed by atoms with E-state index in [2.05, 4.69) is 22.4 Å². The maximum atomic E-state index is 12.4. The van der Waals surface area contributed by atoms with Crippen LogP contribution in [-0.2, 0) is 4.74 Å². The molecule has 2 atom stereocenters. The van der Waals surface area contributed by atoms with Crippen LogP contribution < -0.4 is 10.7 Å². The lowest BCUT2D eigenvalue weighted by atomic mass is 9.98. The van der Waals surface area contributed by atoms with Crippen LogP contribution in [0.5, 0.6) is 0 Å². The van der Waals surface area contributed by atoms with Gasteiger partial charge in [0.2, 0.25) is 5.43 Å². The van der Waals surface area contributed by atoms with Crippen LogP contribution >= 0.6 is 0 Å². The van der Waals surface area contributed by atoms with Crippen LogP contribution in [0.3, 0.4) is 0 Å². The number of aromatic amines is 1. The lowest BCUT2D eigenvalue weighted by Crippen LogP contribution is -2.30. The third kappa shape index (κ3) is 4.77. The molecule has 9 heteroatoms. The number of rotatable bonds is 8. The number of carbonyl (C=O) groups is 2. The standard InChI is InChI=1S/C29H26N2O7/c32-25(26(33)16-9-10-24-21(13-16)27(34)22(14-31-24)28(35)36)11-12-30-29(37)38-15-23-19-7-3-1-5-17(19)18-6-2-4-8-20(18)23/h1-10,13-14,23,25-26,32-33H,11-12,15H2,(H,30,37)(H,31,34)(H,35,36). The summed E-state index contributed by atoms with van der Waals surface area (Å²) < 4.78 is 5.48. The predicted octanol–water partition coefficient (Wildman–Crippen LogP) is 3.55. The van der Waals surface area contributed by atoms with E-state index in [9.17, 15) is 24.6 Å². The molecule has 1 amide bonds. The van der Waals surface area contributed by atoms with Crippen molar-refractivity contribution in [3.63, 3.8) is 0 Å². The average molecular weight is 515 g/mol. The van der Waals surface area contributed by atoms with Crippen LogP contribution in [0.2, 0.25) is 0 Å². The molecule has 1 aromatic heterocycles. The Morgan fingerprint density at radius 1 is 0.974 bits per heavy atom. The topological polar surface area (TPSA) is 149 Å². The van der Waals surface area contributed by atoms with Gasteiger partial charge in [-0.2, -0.15) is 0 Å². The van der Waals surface area contributed by atoms with E-state index in [0.29, 0.717) is 5.52 Å². The molecule has 0 saturated carbocycles. The summed E-state index contributed by atoms with van der Waals surface area (Å²) in [4.78, 5) is 38.8. The average Bonchev–Trinajstić information content (AvgIpc) is 3.25. The highest BCUT2D eigenvalue weighted by molar-refractivity contribution is 5.92. The summed E-state index contributed by atoms with van der Waals surface area (Å²) in [5.74, 6) is -1.43. The summed E-state index contributed by atoms with van der Waals surface area (Å²) in [6, 6.07) is 20.5. The number of carbonyl (C=O) groups excluding carboxylic acids is 1. The molecule has 2 unspecified atom stereocenters. The fourth-order valence-electron chi connectivity index (χ4n) is 4.93. The Balaban J connectivity index is 1.16. The van der Waals surface area contributed by atoms with E-state index in [-0.39, 0.29) is 36.4 Å². The number of aromatic nitrogens is 1. The molecule has 5 rings (SSSR count). The van der Waals surface area contributed by atoms with Crippen molar-refractivity contribution in [3.8, 4) is 11.1 Å². The number of aromatic carboxylic acids is 1. The first-order chi connectivity index (χ1) is 18.3. The van der Waals surface area contributed by atoms with Crippen LogP contribution in [0.25, 0.3) is 22.0 Å². The minimum atomic E-state index is -1.36. The van der Waals surface area contributed by atoms with Crippen LogP contribution in [0.1, 0.15) is 45.5 Å². The third-order valence-electron chi connectivity index (χ3n) is 6.89. The first kappa shape index (κ1) is 25.2. The van der Waals surface area contributed by atoms with E-state index in [4.69, 9.17) is 9.84 Å². The molecule has 3 aromatic carbocycles. The van der Waals surface area contributed by atoms with Gasteiger partial charge in [-0.05, 0) is 46.4 Å². The van der Waals surface area contributed by atoms with Gasteiger partial charge in [0.1, 0.15) is 18.3 Å². The minimum absolute atomic E-state index is 0.0227. The molecule has 9 nitrogen and oxygen atoms in total. The molecule has 0 aliphatic heterocycles. The van der Waals surface area contributed by atoms with Gasteiger partial charge in [0, 0.05) is 29.6 Å². The number of H-pyrrole nitrogens is 1. The molecule has 1 aliphatic rings. The summed E-state index contributed by atoms with van der Waals surface area (Å²) in [6.07, 6.45) is -2.09. The molecular weight excluding hydrogens is 488 g/mol. The van der Waals surface area contributed by atoms with Crippen LogP contribution in [-0.4, -0.2) is 51.6 Å². The summed E-state index contributed by atoms with van der Waals surface area (Å²) in [7, 11) is 0. The molecule has 194 valence electrons. The third-order valence-corrected chi connectivity index (χ3v) is 6.89. The number of benzene rings is 3. The maximum absolute atomic E-state index is 12.4. The number of carboxylic acids is 1. The van der Waals surface area contributed by atoms with Gasteiger partial charge < -0.3 is 30.4 Å². The SMILES string of the molecule is O=C(NCCC(O)C(O)c1ccc2[nH]cc(C(=O)O)c(=O)c2c1)OCC1c2ccccc2-c2ccccc21. The van der Waals surface area contributed by atoms with Gasteiger partial charge >= 0.3 is 12.1 Å². The van der Waals surface area contributed by atoms with Crippen LogP contribution in [0, 0.1) is 0 Å². The number of aliphatic hydroxyl groups excluding tert-OH is 2. The number of hydrogen-bond acceptors (Lipinski definition) is 6. The van der Waals surface area contributed by atoms with Gasteiger partial charge in [0.15, 0.2) is 0 Å². The number of nitrogens with one attached hydrogen (secondary N) is 2. The molecule has 5 N–H and O–H groups in total. The van der Waals surface area contributed by atoms with Gasteiger partial charge in [-0.15, -0.1) is 0 Å². The first-order valence-electron chi connectivity index (χ1n) is 12.2. The zero-order valence-electron chi connectivity index (χ0n) is 20.3. The summed E-state index contributed by atoms with van der Waals surface area (Å²) >= 11 is 0. The van der Waals surface area contributed by atoms with Crippen molar-refractivity contribution in [1.29, 1.82) is 0 Å². The maximum Gasteiger partial charge on any atom is 0.407 e. The van der Waals surface area contributed by atoms with E-state index < -0.39 is 35.3 Å². The van der Waals surface area contributed by atoms with Gasteiger partial charge in [0.05, 0.1) is 6.10 Å². The Labute approximate surface area is 217 Å². The number of aliphatic hydroxyl groups is 2. The molecule has 38 heavy (non-hydrogen) atoms. The zero-order valence-corrected chi connectivity index (χ0v) is 20.3. The number of ether oxygens (including phenoxy) is 1. The highest BCUT2D eigenvalue weighted by Crippen LogP contribution is 2.44. The second kappa shape index (κ2) is 10.5. The van der Waals surface area contributed by atoms with Gasteiger partial charge in [-0.1, -0.05) is 54.6 Å². The van der Waals surface area contributed by atoms with Gasteiger partial charge in [-0.25, -0.2) is 9.59 Å². The minimum Gasteiger partial charge on any atom is -0.477 e. The van der Waals surface area contributed by atoms with Crippen molar-refractivity contribution in [3.05, 3.63) is 105 Å². The van der Waals surface area contributed by atoms with Crippen molar-refractivity contribution in [1.82, 2.24) is 10.3 Å². The Hall–Kier alpha value is -4.47. The summed E-state index contributed by atoms with van der Waals surface area (Å²) in [5, 5.41) is 32.9. The lowest BCUT2D eigenvalue weighted by molar-refractivity contribution is 0.0137. The van der Waals surface area contributed by atoms with Gasteiger partial charge in [-0.3, -0.25) is 4.79 Å². The largest absolute Gasteiger partial charge is 0.477 e. The molecule has 0 radical (unpaired) electrons. The monoisotopic (exact) mass is 514 g/mol. The Bertz CT molecular complexity index is 1530. The first-order valence-corrected chi connectivity index (χ1v) is 12.2. The molecule has 0 bridgehead atoms. The van der Waals surface area contributed by atoms with E-state index in [1.165, 1.54) is 18.2 Å². The molecule has 1 aliphatic carbocycles. The van der Waals surface area contributed by atoms with Crippen LogP contribution in [0.4, 0.5) is 4.79 Å². The second-order valence-electron chi connectivity index (χ2n) is 9.19. The zero-order chi connectivity index (χ0) is 26.8. The molecule has 0 saturated heterocycles. The molecule has 0 fully saturated rings. The van der Waals surface area contributed by atoms with Crippen LogP contribution in [0.15, 0.2) is 77.7 Å². The Morgan fingerprint density at radius 2 is 1.63 bits per heavy atom. The number of hydrogen-bond donors (Lipinski definition) is 5. The van der Waals surface area contributed by atoms with E-state index in [0.717, 1.165) is 28.5 Å². The normalized spacial score (nSPS) is 13.9. The lowest BCUT2D eigenvalue weighted by Gasteiger charge is -2.19. The summed E-state index contributed by atoms with van der Waals surface area (Å²) in [5.41, 5.74) is 4.01. The van der Waals surface area contributed by atoms with Gasteiger partial charge in [0.25, 0.3) is 0 Å². The number of pyridine rings is 1. The quantitative estimate of drug-likeness (QED) is 0.241.